The Kier molecular flexibility index (Phi) is 5.42. The Morgan fingerprint density at radius 2 is 2.20 bits per heavy atom. The van der Waals surface area contributed by atoms with E-state index >= 15 is 0 Å². The van der Waals surface area contributed by atoms with Crippen molar-refractivity contribution in [3.63, 3.8) is 0 Å². The molecule has 0 radical (unpaired) electrons. The van der Waals surface area contributed by atoms with Crippen molar-refractivity contribution in [2.24, 2.45) is 0 Å². The van der Waals surface area contributed by atoms with Gasteiger partial charge in [0, 0.05) is 34.8 Å². The molecule has 6 heteroatoms. The molecular formula is C14H20BrNO2S2. The summed E-state index contributed by atoms with van der Waals surface area (Å²) in [4.78, 5) is 2.07. The molecule has 1 atom stereocenters. The quantitative estimate of drug-likeness (QED) is 0.754. The van der Waals surface area contributed by atoms with Crippen molar-refractivity contribution in [1.82, 2.24) is 0 Å². The molecule has 0 spiro atoms. The Morgan fingerprint density at radius 1 is 1.45 bits per heavy atom. The molecule has 1 heterocycles. The summed E-state index contributed by atoms with van der Waals surface area (Å²) in [5, 5.41) is 0.431. The Morgan fingerprint density at radius 3 is 2.80 bits per heavy atom. The van der Waals surface area contributed by atoms with E-state index in [9.17, 15) is 8.42 Å². The number of thioether (sulfide) groups is 1. The maximum atomic E-state index is 12.3. The van der Waals surface area contributed by atoms with Crippen LogP contribution in [0, 0.1) is 6.92 Å². The first-order valence-corrected chi connectivity index (χ1v) is 10.7. The molecule has 2 rings (SSSR count). The first-order valence-electron chi connectivity index (χ1n) is 6.71. The van der Waals surface area contributed by atoms with Gasteiger partial charge in [-0.2, -0.15) is 11.8 Å². The molecule has 0 saturated carbocycles. The summed E-state index contributed by atoms with van der Waals surface area (Å²) >= 11 is 5.18. The molecule has 1 saturated heterocycles. The van der Waals surface area contributed by atoms with Crippen LogP contribution in [-0.4, -0.2) is 37.6 Å². The zero-order chi connectivity index (χ0) is 14.8. The van der Waals surface area contributed by atoms with Gasteiger partial charge in [0.25, 0.3) is 0 Å². The number of benzene rings is 1. The van der Waals surface area contributed by atoms with E-state index in [1.165, 1.54) is 5.56 Å². The third-order valence-corrected chi connectivity index (χ3v) is 7.56. The topological polar surface area (TPSA) is 37.4 Å². The Bertz CT molecular complexity index is 575. The lowest BCUT2D eigenvalue weighted by molar-refractivity contribution is 0.579. The van der Waals surface area contributed by atoms with Gasteiger partial charge in [0.1, 0.15) is 5.37 Å². The zero-order valence-corrected chi connectivity index (χ0v) is 15.0. The van der Waals surface area contributed by atoms with Crippen molar-refractivity contribution in [1.29, 1.82) is 0 Å². The molecule has 20 heavy (non-hydrogen) atoms. The van der Waals surface area contributed by atoms with Crippen molar-refractivity contribution in [2.75, 3.05) is 28.7 Å². The first kappa shape index (κ1) is 16.2. The Hall–Kier alpha value is -0.200. The van der Waals surface area contributed by atoms with E-state index in [0.29, 0.717) is 5.75 Å². The molecule has 1 aliphatic heterocycles. The highest BCUT2D eigenvalue weighted by atomic mass is 79.9. The van der Waals surface area contributed by atoms with Crippen molar-refractivity contribution < 1.29 is 8.42 Å². The fraction of sp³-hybridized carbons (Fsp3) is 0.571. The van der Waals surface area contributed by atoms with Crippen LogP contribution in [0.25, 0.3) is 0 Å². The van der Waals surface area contributed by atoms with Crippen molar-refractivity contribution in [3.05, 3.63) is 29.3 Å². The molecule has 3 nitrogen and oxygen atoms in total. The fourth-order valence-electron chi connectivity index (χ4n) is 2.47. The lowest BCUT2D eigenvalue weighted by atomic mass is 10.1. The zero-order valence-electron chi connectivity index (χ0n) is 11.8. The van der Waals surface area contributed by atoms with Crippen LogP contribution in [0.1, 0.15) is 18.1 Å². The van der Waals surface area contributed by atoms with Gasteiger partial charge in [-0.1, -0.05) is 35.0 Å². The molecule has 1 fully saturated rings. The minimum absolute atomic E-state index is 0.202. The fourth-order valence-corrected chi connectivity index (χ4v) is 5.80. The van der Waals surface area contributed by atoms with Crippen LogP contribution in [0.5, 0.6) is 0 Å². The number of aryl methyl sites for hydroxylation is 1. The van der Waals surface area contributed by atoms with Crippen molar-refractivity contribution in [2.45, 2.75) is 24.6 Å². The molecule has 0 amide bonds. The minimum atomic E-state index is -3.06. The predicted octanol–water partition coefficient (Wildman–Crippen LogP) is 3.20. The van der Waals surface area contributed by atoms with Crippen LogP contribution in [0.15, 0.2) is 18.2 Å². The van der Waals surface area contributed by atoms with E-state index in [4.69, 9.17) is 0 Å². The standard InChI is InChI=1S/C14H20BrNO2S2/c1-3-20(17,18)14-10-19-7-6-16(14)13-5-4-12(9-15)8-11(13)2/h4-5,8,14H,3,6-7,9-10H2,1-2H3. The summed E-state index contributed by atoms with van der Waals surface area (Å²) in [5.41, 5.74) is 3.41. The summed E-state index contributed by atoms with van der Waals surface area (Å²) in [6, 6.07) is 6.25. The number of hydrogen-bond acceptors (Lipinski definition) is 4. The van der Waals surface area contributed by atoms with Gasteiger partial charge < -0.3 is 4.90 Å². The van der Waals surface area contributed by atoms with Crippen LogP contribution in [0.3, 0.4) is 0 Å². The molecule has 112 valence electrons. The second kappa shape index (κ2) is 6.71. The van der Waals surface area contributed by atoms with Crippen LogP contribution in [0.4, 0.5) is 5.69 Å². The Balaban J connectivity index is 2.38. The SMILES string of the molecule is CCS(=O)(=O)C1CSCCN1c1ccc(CBr)cc1C. The molecule has 1 aliphatic rings. The second-order valence-electron chi connectivity index (χ2n) is 4.93. The van der Waals surface area contributed by atoms with Gasteiger partial charge in [-0.05, 0) is 24.1 Å². The van der Waals surface area contributed by atoms with E-state index in [1.54, 1.807) is 18.7 Å². The molecule has 0 aromatic heterocycles. The molecule has 0 N–H and O–H groups in total. The normalized spacial score (nSPS) is 20.1. The van der Waals surface area contributed by atoms with E-state index < -0.39 is 9.84 Å². The number of sulfone groups is 1. The van der Waals surface area contributed by atoms with Gasteiger partial charge in [0.05, 0.1) is 0 Å². The highest BCUT2D eigenvalue weighted by Crippen LogP contribution is 2.30. The van der Waals surface area contributed by atoms with E-state index in [2.05, 4.69) is 46.0 Å². The van der Waals surface area contributed by atoms with E-state index in [0.717, 1.165) is 28.9 Å². The first-order chi connectivity index (χ1) is 9.49. The van der Waals surface area contributed by atoms with Gasteiger partial charge >= 0.3 is 0 Å². The van der Waals surface area contributed by atoms with E-state index in [1.807, 2.05) is 0 Å². The summed E-state index contributed by atoms with van der Waals surface area (Å²) in [6.45, 7) is 4.58. The van der Waals surface area contributed by atoms with Crippen molar-refractivity contribution >= 4 is 43.2 Å². The molecule has 0 aliphatic carbocycles. The number of hydrogen-bond donors (Lipinski definition) is 0. The third kappa shape index (κ3) is 3.34. The summed E-state index contributed by atoms with van der Waals surface area (Å²) in [6.07, 6.45) is 0. The number of alkyl halides is 1. The maximum absolute atomic E-state index is 12.3. The summed E-state index contributed by atoms with van der Waals surface area (Å²) in [7, 11) is -3.06. The van der Waals surface area contributed by atoms with Gasteiger partial charge in [0.2, 0.25) is 0 Å². The van der Waals surface area contributed by atoms with Gasteiger partial charge in [-0.15, -0.1) is 0 Å². The lowest BCUT2D eigenvalue weighted by Crippen LogP contribution is -2.48. The highest BCUT2D eigenvalue weighted by Gasteiger charge is 2.33. The Labute approximate surface area is 134 Å². The van der Waals surface area contributed by atoms with Crippen LogP contribution < -0.4 is 4.90 Å². The number of anilines is 1. The molecule has 1 aromatic rings. The van der Waals surface area contributed by atoms with E-state index in [-0.39, 0.29) is 11.1 Å². The number of rotatable bonds is 4. The molecule has 1 unspecified atom stereocenters. The minimum Gasteiger partial charge on any atom is -0.353 e. The highest BCUT2D eigenvalue weighted by molar-refractivity contribution is 9.08. The molecule has 0 bridgehead atoms. The van der Waals surface area contributed by atoms with Gasteiger partial charge in [-0.3, -0.25) is 0 Å². The monoisotopic (exact) mass is 377 g/mol. The number of halogens is 1. The van der Waals surface area contributed by atoms with Gasteiger partial charge in [0.15, 0.2) is 9.84 Å². The maximum Gasteiger partial charge on any atom is 0.171 e. The third-order valence-electron chi connectivity index (χ3n) is 3.63. The van der Waals surface area contributed by atoms with Crippen LogP contribution in [0.2, 0.25) is 0 Å². The van der Waals surface area contributed by atoms with Crippen molar-refractivity contribution in [3.8, 4) is 0 Å². The smallest absolute Gasteiger partial charge is 0.171 e. The molecule has 1 aromatic carbocycles. The predicted molar refractivity (Wildman–Crippen MR) is 91.7 cm³/mol. The molecular weight excluding hydrogens is 358 g/mol. The summed E-state index contributed by atoms with van der Waals surface area (Å²) < 4.78 is 24.6. The van der Waals surface area contributed by atoms with Crippen LogP contribution >= 0.6 is 27.7 Å². The largest absolute Gasteiger partial charge is 0.353 e. The van der Waals surface area contributed by atoms with Gasteiger partial charge in [-0.25, -0.2) is 8.42 Å². The van der Waals surface area contributed by atoms with Crippen LogP contribution in [-0.2, 0) is 15.2 Å². The number of nitrogens with zero attached hydrogens (tertiary/aromatic N) is 1. The second-order valence-corrected chi connectivity index (χ2v) is 9.09. The average Bonchev–Trinajstić information content (AvgIpc) is 2.47. The lowest BCUT2D eigenvalue weighted by Gasteiger charge is -2.37. The summed E-state index contributed by atoms with van der Waals surface area (Å²) in [5.74, 6) is 1.85. The average molecular weight is 378 g/mol.